The Morgan fingerprint density at radius 3 is 2.85 bits per heavy atom. The number of halogens is 1. The number of benzene rings is 2. The summed E-state index contributed by atoms with van der Waals surface area (Å²) >= 11 is 6.06. The van der Waals surface area contributed by atoms with E-state index in [2.05, 4.69) is 10.4 Å². The Bertz CT molecular complexity index is 1020. The van der Waals surface area contributed by atoms with Crippen LogP contribution in [0.15, 0.2) is 48.7 Å². The third-order valence-corrected chi connectivity index (χ3v) is 5.10. The van der Waals surface area contributed by atoms with Gasteiger partial charge in [-0.15, -0.1) is 0 Å². The predicted octanol–water partition coefficient (Wildman–Crippen LogP) is 3.28. The fraction of sp³-hybridized carbons (Fsp3) is 0.211. The lowest BCUT2D eigenvalue weighted by atomic mass is 9.86. The zero-order valence-corrected chi connectivity index (χ0v) is 15.2. The highest BCUT2D eigenvalue weighted by Gasteiger charge is 2.37. The molecule has 0 aliphatic carbocycles. The van der Waals surface area contributed by atoms with Gasteiger partial charge in [0.2, 0.25) is 5.91 Å². The van der Waals surface area contributed by atoms with Gasteiger partial charge in [-0.2, -0.15) is 5.10 Å². The second-order valence-corrected chi connectivity index (χ2v) is 7.18. The monoisotopic (exact) mass is 367 g/mol. The van der Waals surface area contributed by atoms with E-state index in [-0.39, 0.29) is 18.3 Å². The van der Waals surface area contributed by atoms with Gasteiger partial charge in [0.15, 0.2) is 5.96 Å². The molecule has 0 bridgehead atoms. The third-order valence-electron chi connectivity index (χ3n) is 4.87. The molecular formula is C19H18ClN5O. The van der Waals surface area contributed by atoms with E-state index in [4.69, 9.17) is 17.0 Å². The van der Waals surface area contributed by atoms with Crippen molar-refractivity contribution in [1.29, 1.82) is 5.41 Å². The first-order valence-corrected chi connectivity index (χ1v) is 8.63. The molecule has 0 unspecified atom stereocenters. The van der Waals surface area contributed by atoms with Crippen LogP contribution in [-0.2, 0) is 10.3 Å². The number of carbonyl (C=O) groups is 1. The summed E-state index contributed by atoms with van der Waals surface area (Å²) in [4.78, 5) is 13.6. The molecule has 0 radical (unpaired) electrons. The number of nitrogens with one attached hydrogen (secondary N) is 2. The summed E-state index contributed by atoms with van der Waals surface area (Å²) in [5, 5.41) is 17.3. The van der Waals surface area contributed by atoms with E-state index in [0.29, 0.717) is 5.02 Å². The normalized spacial score (nSPS) is 20.5. The summed E-state index contributed by atoms with van der Waals surface area (Å²) in [6.45, 7) is 1.94. The van der Waals surface area contributed by atoms with Crippen molar-refractivity contribution in [2.24, 2.45) is 0 Å². The van der Waals surface area contributed by atoms with Crippen molar-refractivity contribution in [1.82, 2.24) is 20.0 Å². The van der Waals surface area contributed by atoms with Crippen LogP contribution in [0.25, 0.3) is 16.6 Å². The highest BCUT2D eigenvalue weighted by Crippen LogP contribution is 2.30. The maximum atomic E-state index is 12.2. The Morgan fingerprint density at radius 2 is 2.08 bits per heavy atom. The summed E-state index contributed by atoms with van der Waals surface area (Å²) in [5.74, 6) is 0.0224. The Morgan fingerprint density at radius 1 is 1.27 bits per heavy atom. The Kier molecular flexibility index (Phi) is 3.73. The molecule has 7 heteroatoms. The summed E-state index contributed by atoms with van der Waals surface area (Å²) in [5.41, 5.74) is 2.14. The molecule has 132 valence electrons. The average Bonchev–Trinajstić information content (AvgIpc) is 3.02. The minimum absolute atomic E-state index is 0.0826. The van der Waals surface area contributed by atoms with Crippen molar-refractivity contribution in [3.63, 3.8) is 0 Å². The standard InChI is InChI=1S/C19H18ClN5O/c1-19(10-17(26)24(2)18(21)23-19)13-4-3-5-15(9-13)25-16-7-6-14(20)8-12(16)11-22-25/h3-9,11H,10H2,1-2H3,(H2,21,23)/t19-/m0/s1. The molecular weight excluding hydrogens is 350 g/mol. The molecule has 0 saturated carbocycles. The SMILES string of the molecule is CN1C(=N)N[C@](C)(c2cccc(-n3ncc4cc(Cl)ccc43)c2)CC1=O. The topological polar surface area (TPSA) is 74.0 Å². The molecule has 1 fully saturated rings. The molecule has 6 nitrogen and oxygen atoms in total. The Labute approximate surface area is 155 Å². The van der Waals surface area contributed by atoms with Crippen molar-refractivity contribution in [2.75, 3.05) is 7.05 Å². The van der Waals surface area contributed by atoms with Crippen molar-refractivity contribution in [3.05, 3.63) is 59.2 Å². The maximum absolute atomic E-state index is 12.2. The summed E-state index contributed by atoms with van der Waals surface area (Å²) in [6.07, 6.45) is 2.06. The molecule has 1 atom stereocenters. The third kappa shape index (κ3) is 2.63. The number of aromatic nitrogens is 2. The number of fused-ring (bicyclic) bond motifs is 1. The Hall–Kier alpha value is -2.86. The van der Waals surface area contributed by atoms with E-state index in [1.165, 1.54) is 4.90 Å². The van der Waals surface area contributed by atoms with Crippen molar-refractivity contribution in [2.45, 2.75) is 18.9 Å². The molecule has 26 heavy (non-hydrogen) atoms. The van der Waals surface area contributed by atoms with Crippen LogP contribution in [0.3, 0.4) is 0 Å². The largest absolute Gasteiger partial charge is 0.346 e. The highest BCUT2D eigenvalue weighted by molar-refractivity contribution is 6.31. The van der Waals surface area contributed by atoms with Crippen LogP contribution < -0.4 is 5.32 Å². The van der Waals surface area contributed by atoms with Gasteiger partial charge >= 0.3 is 0 Å². The molecule has 3 aromatic rings. The number of carbonyl (C=O) groups excluding carboxylic acids is 1. The smallest absolute Gasteiger partial charge is 0.231 e. The zero-order chi connectivity index (χ0) is 18.5. The van der Waals surface area contributed by atoms with E-state index < -0.39 is 5.54 Å². The number of hydrogen-bond acceptors (Lipinski definition) is 3. The molecule has 1 aliphatic heterocycles. The molecule has 0 spiro atoms. The van der Waals surface area contributed by atoms with Gasteiger partial charge in [0.1, 0.15) is 0 Å². The van der Waals surface area contributed by atoms with Crippen LogP contribution >= 0.6 is 11.6 Å². The van der Waals surface area contributed by atoms with E-state index in [9.17, 15) is 4.79 Å². The molecule has 1 saturated heterocycles. The zero-order valence-electron chi connectivity index (χ0n) is 14.5. The van der Waals surface area contributed by atoms with E-state index in [1.807, 2.05) is 54.1 Å². The van der Waals surface area contributed by atoms with Crippen LogP contribution in [0.2, 0.25) is 5.02 Å². The molecule has 1 aromatic heterocycles. The fourth-order valence-electron chi connectivity index (χ4n) is 3.30. The number of nitrogens with zero attached hydrogens (tertiary/aromatic N) is 3. The van der Waals surface area contributed by atoms with Gasteiger partial charge in [-0.05, 0) is 42.8 Å². The molecule has 2 aromatic carbocycles. The second kappa shape index (κ2) is 5.85. The van der Waals surface area contributed by atoms with E-state index in [0.717, 1.165) is 22.2 Å². The van der Waals surface area contributed by atoms with Gasteiger partial charge in [0, 0.05) is 17.5 Å². The van der Waals surface area contributed by atoms with E-state index in [1.54, 1.807) is 13.2 Å². The van der Waals surface area contributed by atoms with Gasteiger partial charge in [0.05, 0.1) is 29.4 Å². The number of guanidine groups is 1. The molecule has 4 rings (SSSR count). The van der Waals surface area contributed by atoms with Crippen LogP contribution in [-0.4, -0.2) is 33.6 Å². The van der Waals surface area contributed by atoms with Gasteiger partial charge in [0.25, 0.3) is 0 Å². The van der Waals surface area contributed by atoms with Crippen LogP contribution in [0.5, 0.6) is 0 Å². The van der Waals surface area contributed by atoms with Crippen LogP contribution in [0.1, 0.15) is 18.9 Å². The quantitative estimate of drug-likeness (QED) is 0.730. The second-order valence-electron chi connectivity index (χ2n) is 6.75. The summed E-state index contributed by atoms with van der Waals surface area (Å²) in [7, 11) is 1.61. The highest BCUT2D eigenvalue weighted by atomic mass is 35.5. The van der Waals surface area contributed by atoms with Gasteiger partial charge in [-0.25, -0.2) is 4.68 Å². The number of hydrogen-bond donors (Lipinski definition) is 2. The lowest BCUT2D eigenvalue weighted by Gasteiger charge is -2.39. The van der Waals surface area contributed by atoms with Crippen molar-refractivity contribution in [3.8, 4) is 5.69 Å². The van der Waals surface area contributed by atoms with Gasteiger partial charge in [-0.1, -0.05) is 23.7 Å². The first-order chi connectivity index (χ1) is 12.4. The van der Waals surface area contributed by atoms with E-state index >= 15 is 0 Å². The number of rotatable bonds is 2. The molecule has 2 heterocycles. The minimum atomic E-state index is -0.636. The average molecular weight is 368 g/mol. The molecule has 1 amide bonds. The summed E-state index contributed by atoms with van der Waals surface area (Å²) in [6, 6.07) is 13.5. The fourth-order valence-corrected chi connectivity index (χ4v) is 3.48. The first kappa shape index (κ1) is 16.6. The lowest BCUT2D eigenvalue weighted by molar-refractivity contribution is -0.129. The predicted molar refractivity (Wildman–Crippen MR) is 102 cm³/mol. The van der Waals surface area contributed by atoms with Gasteiger partial charge < -0.3 is 5.32 Å². The molecule has 2 N–H and O–H groups in total. The van der Waals surface area contributed by atoms with Crippen LogP contribution in [0.4, 0.5) is 0 Å². The van der Waals surface area contributed by atoms with Crippen LogP contribution in [0, 0.1) is 5.41 Å². The lowest BCUT2D eigenvalue weighted by Crippen LogP contribution is -2.58. The first-order valence-electron chi connectivity index (χ1n) is 8.25. The van der Waals surface area contributed by atoms with Gasteiger partial charge in [-0.3, -0.25) is 15.1 Å². The maximum Gasteiger partial charge on any atom is 0.231 e. The molecule has 1 aliphatic rings. The summed E-state index contributed by atoms with van der Waals surface area (Å²) < 4.78 is 1.85. The number of amides is 1. The van der Waals surface area contributed by atoms with Crippen molar-refractivity contribution >= 4 is 34.4 Å². The minimum Gasteiger partial charge on any atom is -0.346 e. The Balaban J connectivity index is 1.77. The van der Waals surface area contributed by atoms with Crippen molar-refractivity contribution < 1.29 is 4.79 Å².